The average Bonchev–Trinajstić information content (AvgIpc) is 2.77. The largest absolute Gasteiger partial charge is 1.00 e. The van der Waals surface area contributed by atoms with Gasteiger partial charge in [0.15, 0.2) is 0 Å². The molecule has 0 saturated heterocycles. The van der Waals surface area contributed by atoms with Gasteiger partial charge in [0.2, 0.25) is 0 Å². The van der Waals surface area contributed by atoms with E-state index in [1.807, 2.05) is 0 Å². The molecule has 0 bridgehead atoms. The van der Waals surface area contributed by atoms with E-state index in [1.165, 1.54) is 95.6 Å². The van der Waals surface area contributed by atoms with Gasteiger partial charge < -0.3 is 14.8 Å². The second-order valence-electron chi connectivity index (χ2n) is 7.82. The molecule has 0 aliphatic carbocycles. The number of carbonyl (C=O) groups excluding carboxylic acids is 2. The van der Waals surface area contributed by atoms with Crippen LogP contribution in [0.3, 0.4) is 0 Å². The zero-order chi connectivity index (χ0) is 22.3. The summed E-state index contributed by atoms with van der Waals surface area (Å²) in [7, 11) is 0. The summed E-state index contributed by atoms with van der Waals surface area (Å²) in [4.78, 5) is 24.4. The van der Waals surface area contributed by atoms with Gasteiger partial charge in [-0.1, -0.05) is 127 Å². The van der Waals surface area contributed by atoms with Crippen LogP contribution in [0.15, 0.2) is 30.3 Å². The molecule has 0 aliphatic rings. The van der Waals surface area contributed by atoms with Crippen LogP contribution in [0, 0.1) is 0 Å². The van der Waals surface area contributed by atoms with Crippen LogP contribution in [0.1, 0.15) is 120 Å². The van der Waals surface area contributed by atoms with Crippen LogP contribution < -0.4 is 24.0 Å². The van der Waals surface area contributed by atoms with Crippen LogP contribution in [0.5, 0.6) is 0 Å². The smallest absolute Gasteiger partial charge is 0.545 e. The average molecular weight is 429 g/mol. The first kappa shape index (κ1) is 31.9. The quantitative estimate of drug-likeness (QED) is 0.178. The number of hydrogen-bond donors (Lipinski definition) is 1. The fourth-order valence-corrected chi connectivity index (χ4v) is 3.26. The Kier molecular flexibility index (Phi) is 25.7. The molecule has 0 heterocycles. The van der Waals surface area contributed by atoms with E-state index in [4.69, 9.17) is 5.26 Å². The maximum atomic E-state index is 10.7. The molecule has 0 unspecified atom stereocenters. The van der Waals surface area contributed by atoms with E-state index in [0.717, 1.165) is 12.8 Å². The van der Waals surface area contributed by atoms with E-state index in [1.54, 1.807) is 18.2 Å². The molecule has 0 spiro atoms. The van der Waals surface area contributed by atoms with Gasteiger partial charge in [0.05, 0.1) is 5.97 Å². The number of hydrogen-bond acceptors (Lipinski definition) is 5. The molecule has 0 atom stereocenters. The number of rotatable bonds is 17. The molecule has 0 fully saturated rings. The third kappa shape index (κ3) is 23.2. The second-order valence-corrected chi connectivity index (χ2v) is 7.82. The van der Waals surface area contributed by atoms with Crippen molar-refractivity contribution in [2.45, 2.75) is 110 Å². The number of carboxylic acid groups (broad SMARTS) is 1. The first-order chi connectivity index (χ1) is 14.6. The Morgan fingerprint density at radius 1 is 0.742 bits per heavy atom. The van der Waals surface area contributed by atoms with Crippen molar-refractivity contribution in [2.24, 2.45) is 0 Å². The first-order valence-electron chi connectivity index (χ1n) is 11.7. The number of unbranched alkanes of at least 4 members (excludes halogenated alkanes) is 14. The first-order valence-corrected chi connectivity index (χ1v) is 11.7. The van der Waals surface area contributed by atoms with Crippen LogP contribution in [0.4, 0.5) is 0 Å². The molecule has 0 aromatic heterocycles. The van der Waals surface area contributed by atoms with Crippen molar-refractivity contribution in [3.05, 3.63) is 35.9 Å². The number of benzene rings is 1. The van der Waals surface area contributed by atoms with Gasteiger partial charge in [-0.05, 0) is 12.0 Å². The van der Waals surface area contributed by atoms with Gasteiger partial charge in [0.1, 0.15) is 0 Å². The standard InChI is InChI=1S/C18H36O3.C7H6O2.Li/c1-2-3-4-5-6-7-8-9-10-11-12-13-14-15-16-17-18(19)21-20;8-7(9)6-4-2-1-3-5-6;/h20H,2-17H2,1H3;1-5H,(H,8,9);/q;;+1/p-1. The predicted molar refractivity (Wildman–Crippen MR) is 119 cm³/mol. The Labute approximate surface area is 201 Å². The zero-order valence-corrected chi connectivity index (χ0v) is 19.8. The van der Waals surface area contributed by atoms with Gasteiger partial charge in [-0.15, -0.1) is 0 Å². The normalized spacial score (nSPS) is 9.87. The summed E-state index contributed by atoms with van der Waals surface area (Å²) in [6.45, 7) is 2.27. The van der Waals surface area contributed by atoms with Crippen LogP contribution in [-0.2, 0) is 9.68 Å². The fourth-order valence-electron chi connectivity index (χ4n) is 3.26. The summed E-state index contributed by atoms with van der Waals surface area (Å²) in [6, 6.07) is 8.06. The molecule has 1 aromatic rings. The summed E-state index contributed by atoms with van der Waals surface area (Å²) >= 11 is 0. The minimum atomic E-state index is -1.13. The van der Waals surface area contributed by atoms with Crippen molar-refractivity contribution in [2.75, 3.05) is 0 Å². The zero-order valence-electron chi connectivity index (χ0n) is 19.8. The molecule has 6 heteroatoms. The molecule has 5 nitrogen and oxygen atoms in total. The fraction of sp³-hybridized carbons (Fsp3) is 0.680. The van der Waals surface area contributed by atoms with Crippen molar-refractivity contribution in [3.8, 4) is 0 Å². The van der Waals surface area contributed by atoms with Crippen molar-refractivity contribution in [3.63, 3.8) is 0 Å². The van der Waals surface area contributed by atoms with E-state index in [2.05, 4.69) is 11.8 Å². The molecule has 0 radical (unpaired) electrons. The van der Waals surface area contributed by atoms with Crippen molar-refractivity contribution < 1.29 is 43.7 Å². The maximum Gasteiger partial charge on any atom is 1.00 e. The minimum absolute atomic E-state index is 0. The minimum Gasteiger partial charge on any atom is -0.545 e. The van der Waals surface area contributed by atoms with E-state index in [9.17, 15) is 14.7 Å². The van der Waals surface area contributed by atoms with Crippen molar-refractivity contribution in [1.82, 2.24) is 0 Å². The topological polar surface area (TPSA) is 86.7 Å². The Morgan fingerprint density at radius 3 is 1.45 bits per heavy atom. The van der Waals surface area contributed by atoms with Gasteiger partial charge in [0, 0.05) is 6.42 Å². The summed E-state index contributed by atoms with van der Waals surface area (Å²) in [5.74, 6) is -1.64. The van der Waals surface area contributed by atoms with Crippen molar-refractivity contribution in [1.29, 1.82) is 0 Å². The monoisotopic (exact) mass is 428 g/mol. The third-order valence-electron chi connectivity index (χ3n) is 5.10. The van der Waals surface area contributed by atoms with Crippen LogP contribution >= 0.6 is 0 Å². The molecule has 1 rings (SSSR count). The van der Waals surface area contributed by atoms with Gasteiger partial charge in [-0.3, -0.25) is 0 Å². The number of carbonyl (C=O) groups is 2. The van der Waals surface area contributed by atoms with Crippen LogP contribution in [0.25, 0.3) is 0 Å². The maximum absolute atomic E-state index is 10.7. The van der Waals surface area contributed by atoms with Gasteiger partial charge >= 0.3 is 24.8 Å². The Hall–Kier alpha value is -1.28. The SMILES string of the molecule is CCCCCCCCCCCCCCCCCC(=O)OO.O=C([O-])c1ccccc1.[Li+]. The summed E-state index contributed by atoms with van der Waals surface area (Å²) in [6.07, 6.45) is 20.0. The van der Waals surface area contributed by atoms with Crippen LogP contribution in [-0.4, -0.2) is 17.2 Å². The summed E-state index contributed by atoms with van der Waals surface area (Å²) < 4.78 is 0. The molecule has 1 aromatic carbocycles. The molecule has 0 aliphatic heterocycles. The summed E-state index contributed by atoms with van der Waals surface area (Å²) in [5.41, 5.74) is 0.220. The Morgan fingerprint density at radius 2 is 1.13 bits per heavy atom. The number of carboxylic acids is 1. The molecular weight excluding hydrogens is 387 g/mol. The molecule has 1 N–H and O–H groups in total. The molecule has 31 heavy (non-hydrogen) atoms. The molecule has 0 amide bonds. The van der Waals surface area contributed by atoms with Gasteiger partial charge in [-0.2, -0.15) is 5.26 Å². The molecule has 0 saturated carbocycles. The Bertz CT molecular complexity index is 522. The van der Waals surface area contributed by atoms with E-state index in [-0.39, 0.29) is 24.4 Å². The van der Waals surface area contributed by atoms with Gasteiger partial charge in [-0.25, -0.2) is 4.79 Å². The summed E-state index contributed by atoms with van der Waals surface area (Å²) in [5, 5.41) is 18.2. The molecule has 172 valence electrons. The van der Waals surface area contributed by atoms with E-state index >= 15 is 0 Å². The third-order valence-corrected chi connectivity index (χ3v) is 5.10. The second kappa shape index (κ2) is 25.0. The predicted octanol–water partition coefficient (Wildman–Crippen LogP) is 3.32. The van der Waals surface area contributed by atoms with E-state index in [0.29, 0.717) is 6.42 Å². The van der Waals surface area contributed by atoms with Crippen molar-refractivity contribution >= 4 is 11.9 Å². The van der Waals surface area contributed by atoms with E-state index < -0.39 is 11.9 Å². The molecular formula is C25H41LiO5. The van der Waals surface area contributed by atoms with Crippen LogP contribution in [0.2, 0.25) is 0 Å². The van der Waals surface area contributed by atoms with Gasteiger partial charge in [0.25, 0.3) is 0 Å². The Balaban J connectivity index is 0. The number of aromatic carboxylic acids is 1.